The summed E-state index contributed by atoms with van der Waals surface area (Å²) in [7, 11) is 0. The fourth-order valence-electron chi connectivity index (χ4n) is 1.16. The van der Waals surface area contributed by atoms with E-state index in [1.54, 1.807) is 17.5 Å². The molecule has 2 aromatic rings. The molecule has 0 aliphatic carbocycles. The fourth-order valence-corrected chi connectivity index (χ4v) is 2.48. The standard InChI is InChI=1S/C10H14N4S2/c1-10(2,3)9-12-5-7(15-9)4-11-8-6-13-14-16-8/h5-6,11H,4H2,1-3H3. The molecule has 0 spiro atoms. The lowest BCUT2D eigenvalue weighted by atomic mass is 9.98. The van der Waals surface area contributed by atoms with Crippen LogP contribution < -0.4 is 5.32 Å². The van der Waals surface area contributed by atoms with Gasteiger partial charge in [0.15, 0.2) is 0 Å². The molecule has 2 heterocycles. The first kappa shape index (κ1) is 11.5. The van der Waals surface area contributed by atoms with E-state index >= 15 is 0 Å². The average Bonchev–Trinajstić information content (AvgIpc) is 2.85. The lowest BCUT2D eigenvalue weighted by Crippen LogP contribution is -2.09. The van der Waals surface area contributed by atoms with Crippen molar-refractivity contribution in [2.45, 2.75) is 32.7 Å². The van der Waals surface area contributed by atoms with Gasteiger partial charge in [-0.15, -0.1) is 16.4 Å². The number of aromatic nitrogens is 3. The van der Waals surface area contributed by atoms with Crippen molar-refractivity contribution in [1.29, 1.82) is 0 Å². The van der Waals surface area contributed by atoms with Crippen LogP contribution in [0.25, 0.3) is 0 Å². The first-order valence-electron chi connectivity index (χ1n) is 5.02. The van der Waals surface area contributed by atoms with Gasteiger partial charge in [0, 0.05) is 28.0 Å². The molecule has 2 aromatic heterocycles. The second-order valence-electron chi connectivity index (χ2n) is 4.52. The van der Waals surface area contributed by atoms with Crippen LogP contribution in [0.3, 0.4) is 0 Å². The van der Waals surface area contributed by atoms with Gasteiger partial charge in [0.2, 0.25) is 0 Å². The average molecular weight is 254 g/mol. The van der Waals surface area contributed by atoms with E-state index in [2.05, 4.69) is 40.7 Å². The molecule has 1 N–H and O–H groups in total. The van der Waals surface area contributed by atoms with Crippen molar-refractivity contribution >= 4 is 27.9 Å². The molecule has 0 saturated carbocycles. The molecule has 0 unspecified atom stereocenters. The number of nitrogens with zero attached hydrogens (tertiary/aromatic N) is 3. The van der Waals surface area contributed by atoms with E-state index in [0.717, 1.165) is 11.5 Å². The maximum absolute atomic E-state index is 4.44. The molecule has 0 aliphatic heterocycles. The minimum atomic E-state index is 0.134. The molecule has 16 heavy (non-hydrogen) atoms. The Morgan fingerprint density at radius 3 is 2.69 bits per heavy atom. The Morgan fingerprint density at radius 2 is 2.12 bits per heavy atom. The zero-order valence-corrected chi connectivity index (χ0v) is 11.2. The summed E-state index contributed by atoms with van der Waals surface area (Å²) >= 11 is 3.12. The Morgan fingerprint density at radius 1 is 1.31 bits per heavy atom. The van der Waals surface area contributed by atoms with Gasteiger partial charge in [-0.1, -0.05) is 25.3 Å². The predicted octanol–water partition coefficient (Wildman–Crippen LogP) is 2.90. The molecule has 0 amide bonds. The van der Waals surface area contributed by atoms with Crippen LogP contribution in [0, 0.1) is 0 Å². The molecule has 6 heteroatoms. The summed E-state index contributed by atoms with van der Waals surface area (Å²) in [5.74, 6) is 0. The minimum absolute atomic E-state index is 0.134. The molecular weight excluding hydrogens is 240 g/mol. The van der Waals surface area contributed by atoms with Gasteiger partial charge in [-0.2, -0.15) is 0 Å². The van der Waals surface area contributed by atoms with Crippen molar-refractivity contribution in [3.63, 3.8) is 0 Å². The van der Waals surface area contributed by atoms with E-state index in [4.69, 9.17) is 0 Å². The van der Waals surface area contributed by atoms with Crippen LogP contribution in [0.2, 0.25) is 0 Å². The third kappa shape index (κ3) is 2.76. The summed E-state index contributed by atoms with van der Waals surface area (Å²) in [6.45, 7) is 7.32. The smallest absolute Gasteiger partial charge is 0.130 e. The Hall–Kier alpha value is -1.01. The molecule has 0 fully saturated rings. The fraction of sp³-hybridized carbons (Fsp3) is 0.500. The summed E-state index contributed by atoms with van der Waals surface area (Å²) in [6, 6.07) is 0. The SMILES string of the molecule is CC(C)(C)c1ncc(CNc2cnns2)s1. The van der Waals surface area contributed by atoms with Crippen LogP contribution in [0.1, 0.15) is 30.7 Å². The molecule has 0 aliphatic rings. The first-order valence-corrected chi connectivity index (χ1v) is 6.61. The highest BCUT2D eigenvalue weighted by Crippen LogP contribution is 2.27. The summed E-state index contributed by atoms with van der Waals surface area (Å²) in [5, 5.41) is 9.21. The zero-order valence-electron chi connectivity index (χ0n) is 9.52. The largest absolute Gasteiger partial charge is 0.369 e. The van der Waals surface area contributed by atoms with Crippen LogP contribution in [-0.4, -0.2) is 14.6 Å². The Bertz CT molecular complexity index is 442. The van der Waals surface area contributed by atoms with Gasteiger partial charge < -0.3 is 5.32 Å². The molecule has 4 nitrogen and oxygen atoms in total. The number of hydrogen-bond donors (Lipinski definition) is 1. The molecule has 2 rings (SSSR count). The van der Waals surface area contributed by atoms with E-state index in [-0.39, 0.29) is 5.41 Å². The lowest BCUT2D eigenvalue weighted by Gasteiger charge is -2.13. The van der Waals surface area contributed by atoms with Gasteiger partial charge in [0.05, 0.1) is 17.7 Å². The van der Waals surface area contributed by atoms with Crippen molar-refractivity contribution in [1.82, 2.24) is 14.6 Å². The van der Waals surface area contributed by atoms with Gasteiger partial charge in [-0.25, -0.2) is 4.98 Å². The highest BCUT2D eigenvalue weighted by Gasteiger charge is 2.17. The Balaban J connectivity index is 1.98. The zero-order chi connectivity index (χ0) is 11.6. The van der Waals surface area contributed by atoms with Gasteiger partial charge in [0.25, 0.3) is 0 Å². The lowest BCUT2D eigenvalue weighted by molar-refractivity contribution is 0.585. The van der Waals surface area contributed by atoms with E-state index in [1.165, 1.54) is 21.4 Å². The van der Waals surface area contributed by atoms with Crippen molar-refractivity contribution in [2.24, 2.45) is 0 Å². The topological polar surface area (TPSA) is 50.7 Å². The predicted molar refractivity (Wildman–Crippen MR) is 68.0 cm³/mol. The monoisotopic (exact) mass is 254 g/mol. The molecule has 0 aromatic carbocycles. The first-order chi connectivity index (χ1) is 7.55. The molecule has 0 saturated heterocycles. The Kier molecular flexibility index (Phi) is 3.20. The van der Waals surface area contributed by atoms with Crippen molar-refractivity contribution in [2.75, 3.05) is 5.32 Å². The van der Waals surface area contributed by atoms with E-state index < -0.39 is 0 Å². The van der Waals surface area contributed by atoms with Gasteiger partial charge >= 0.3 is 0 Å². The van der Waals surface area contributed by atoms with Crippen LogP contribution in [-0.2, 0) is 12.0 Å². The van der Waals surface area contributed by atoms with Crippen LogP contribution >= 0.6 is 22.9 Å². The molecule has 0 atom stereocenters. The highest BCUT2D eigenvalue weighted by molar-refractivity contribution is 7.12. The summed E-state index contributed by atoms with van der Waals surface area (Å²) in [4.78, 5) is 5.67. The number of anilines is 1. The second kappa shape index (κ2) is 4.47. The summed E-state index contributed by atoms with van der Waals surface area (Å²) in [6.07, 6.45) is 3.67. The molecular formula is C10H14N4S2. The second-order valence-corrected chi connectivity index (χ2v) is 6.42. The van der Waals surface area contributed by atoms with Crippen LogP contribution in [0.5, 0.6) is 0 Å². The van der Waals surface area contributed by atoms with Crippen molar-refractivity contribution in [3.8, 4) is 0 Å². The van der Waals surface area contributed by atoms with Gasteiger partial charge in [-0.3, -0.25) is 0 Å². The van der Waals surface area contributed by atoms with E-state index in [0.29, 0.717) is 0 Å². The highest BCUT2D eigenvalue weighted by atomic mass is 32.1. The Labute approximate surface area is 103 Å². The number of thiazole rings is 1. The third-order valence-corrected chi connectivity index (χ3v) is 4.04. The summed E-state index contributed by atoms with van der Waals surface area (Å²) in [5.41, 5.74) is 0.134. The van der Waals surface area contributed by atoms with Gasteiger partial charge in [-0.05, 0) is 0 Å². The summed E-state index contributed by atoms with van der Waals surface area (Å²) < 4.78 is 3.80. The van der Waals surface area contributed by atoms with E-state index in [1.807, 2.05) is 6.20 Å². The van der Waals surface area contributed by atoms with Gasteiger partial charge in [0.1, 0.15) is 5.00 Å². The normalized spacial score (nSPS) is 11.7. The maximum atomic E-state index is 4.44. The third-order valence-electron chi connectivity index (χ3n) is 1.99. The molecule has 0 radical (unpaired) electrons. The van der Waals surface area contributed by atoms with Crippen LogP contribution in [0.4, 0.5) is 5.00 Å². The number of rotatable bonds is 3. The van der Waals surface area contributed by atoms with Crippen LogP contribution in [0.15, 0.2) is 12.4 Å². The van der Waals surface area contributed by atoms with Crippen molar-refractivity contribution in [3.05, 3.63) is 22.3 Å². The van der Waals surface area contributed by atoms with E-state index in [9.17, 15) is 0 Å². The maximum Gasteiger partial charge on any atom is 0.130 e. The van der Waals surface area contributed by atoms with Crippen molar-refractivity contribution < 1.29 is 0 Å². The number of hydrogen-bond acceptors (Lipinski definition) is 6. The minimum Gasteiger partial charge on any atom is -0.369 e. The molecule has 86 valence electrons. The number of nitrogens with one attached hydrogen (secondary N) is 1. The quantitative estimate of drug-likeness (QED) is 0.915. The molecule has 0 bridgehead atoms.